The van der Waals surface area contributed by atoms with E-state index < -0.39 is 0 Å². The van der Waals surface area contributed by atoms with Crippen molar-refractivity contribution in [1.82, 2.24) is 0 Å². The molecule has 0 saturated heterocycles. The lowest BCUT2D eigenvalue weighted by Gasteiger charge is -2.39. The third kappa shape index (κ3) is 1.89. The highest BCUT2D eigenvalue weighted by Crippen LogP contribution is 2.49. The first-order chi connectivity index (χ1) is 7.10. The Bertz CT molecular complexity index is 254. The van der Waals surface area contributed by atoms with Gasteiger partial charge in [0, 0.05) is 5.54 Å². The van der Waals surface area contributed by atoms with E-state index in [0.29, 0.717) is 6.61 Å². The van der Waals surface area contributed by atoms with Gasteiger partial charge in [0.1, 0.15) is 0 Å². The van der Waals surface area contributed by atoms with Crippen LogP contribution in [-0.4, -0.2) is 18.1 Å². The van der Waals surface area contributed by atoms with Gasteiger partial charge in [-0.15, -0.1) is 0 Å². The van der Waals surface area contributed by atoms with E-state index in [1.165, 1.54) is 0 Å². The second kappa shape index (κ2) is 3.78. The molecule has 0 aromatic rings. The highest BCUT2D eigenvalue weighted by molar-refractivity contribution is 5.77. The molecule has 3 rings (SSSR count). The summed E-state index contributed by atoms with van der Waals surface area (Å²) in [4.78, 5) is 12.0. The predicted octanol–water partition coefficient (Wildman–Crippen LogP) is 1.99. The van der Waals surface area contributed by atoms with Gasteiger partial charge in [-0.25, -0.2) is 0 Å². The Hall–Kier alpha value is -0.570. The van der Waals surface area contributed by atoms with Crippen LogP contribution >= 0.6 is 0 Å². The zero-order chi connectivity index (χ0) is 10.9. The third-order valence-corrected chi connectivity index (χ3v) is 4.24. The van der Waals surface area contributed by atoms with Gasteiger partial charge in [0.05, 0.1) is 12.0 Å². The molecule has 3 aliphatic carbocycles. The number of rotatable bonds is 2. The van der Waals surface area contributed by atoms with Crippen LogP contribution in [0.15, 0.2) is 0 Å². The molecule has 0 radical (unpaired) electrons. The highest BCUT2D eigenvalue weighted by Gasteiger charge is 2.48. The molecule has 3 saturated carbocycles. The van der Waals surface area contributed by atoms with Gasteiger partial charge in [0.2, 0.25) is 0 Å². The first kappa shape index (κ1) is 10.9. The second-order valence-corrected chi connectivity index (χ2v) is 5.22. The third-order valence-electron chi connectivity index (χ3n) is 4.24. The summed E-state index contributed by atoms with van der Waals surface area (Å²) in [6.45, 7) is 2.37. The van der Waals surface area contributed by atoms with Crippen LogP contribution in [0.1, 0.15) is 51.9 Å². The lowest BCUT2D eigenvalue weighted by Crippen LogP contribution is -2.45. The molecule has 0 unspecified atom stereocenters. The Labute approximate surface area is 91.4 Å². The Morgan fingerprint density at radius 1 is 1.20 bits per heavy atom. The Balaban J connectivity index is 2.13. The topological polar surface area (TPSA) is 52.3 Å². The number of nitrogens with two attached hydrogens (primary N) is 1. The molecule has 0 aromatic carbocycles. The van der Waals surface area contributed by atoms with E-state index >= 15 is 0 Å². The average molecular weight is 211 g/mol. The van der Waals surface area contributed by atoms with Gasteiger partial charge in [0.25, 0.3) is 0 Å². The molecule has 0 spiro atoms. The molecule has 0 atom stereocenters. The molecule has 0 heterocycles. The molecule has 3 aliphatic rings. The minimum Gasteiger partial charge on any atom is -0.466 e. The fourth-order valence-electron chi connectivity index (χ4n) is 3.10. The van der Waals surface area contributed by atoms with Crippen molar-refractivity contribution in [2.75, 3.05) is 6.61 Å². The summed E-state index contributed by atoms with van der Waals surface area (Å²) >= 11 is 0. The molecule has 3 fully saturated rings. The fraction of sp³-hybridized carbons (Fsp3) is 0.917. The molecule has 15 heavy (non-hydrogen) atoms. The van der Waals surface area contributed by atoms with Crippen LogP contribution in [0, 0.1) is 5.41 Å². The SMILES string of the molecule is CCOC(=O)C12CCCC(N)(CC1)CC2. The number of carbonyl (C=O) groups is 1. The van der Waals surface area contributed by atoms with Gasteiger partial charge in [-0.3, -0.25) is 4.79 Å². The van der Waals surface area contributed by atoms with Crippen molar-refractivity contribution in [2.45, 2.75) is 57.4 Å². The fourth-order valence-corrected chi connectivity index (χ4v) is 3.10. The minimum atomic E-state index is -0.185. The lowest BCUT2D eigenvalue weighted by atomic mass is 9.69. The molecule has 0 aliphatic heterocycles. The van der Waals surface area contributed by atoms with Crippen molar-refractivity contribution in [3.05, 3.63) is 0 Å². The Morgan fingerprint density at radius 2 is 1.87 bits per heavy atom. The number of hydrogen-bond donors (Lipinski definition) is 1. The van der Waals surface area contributed by atoms with Crippen LogP contribution in [0.4, 0.5) is 0 Å². The zero-order valence-electron chi connectivity index (χ0n) is 9.55. The monoisotopic (exact) mass is 211 g/mol. The van der Waals surface area contributed by atoms with Crippen molar-refractivity contribution >= 4 is 5.97 Å². The molecular weight excluding hydrogens is 190 g/mol. The van der Waals surface area contributed by atoms with E-state index in [9.17, 15) is 4.79 Å². The number of carbonyl (C=O) groups excluding carboxylic acids is 1. The standard InChI is InChI=1S/C12H21NO2/c1-2-15-10(14)11-4-3-5-12(13,8-6-11)9-7-11/h2-9,13H2,1H3. The van der Waals surface area contributed by atoms with Crippen molar-refractivity contribution in [1.29, 1.82) is 0 Å². The summed E-state index contributed by atoms with van der Waals surface area (Å²) in [5.41, 5.74) is 6.11. The zero-order valence-corrected chi connectivity index (χ0v) is 9.55. The van der Waals surface area contributed by atoms with Gasteiger partial charge in [0.15, 0.2) is 0 Å². The molecule has 2 bridgehead atoms. The van der Waals surface area contributed by atoms with Crippen LogP contribution < -0.4 is 5.73 Å². The summed E-state index contributed by atoms with van der Waals surface area (Å²) < 4.78 is 5.21. The predicted molar refractivity (Wildman–Crippen MR) is 58.3 cm³/mol. The van der Waals surface area contributed by atoms with Gasteiger partial charge in [-0.1, -0.05) is 6.42 Å². The van der Waals surface area contributed by atoms with Crippen molar-refractivity contribution in [3.63, 3.8) is 0 Å². The van der Waals surface area contributed by atoms with Crippen molar-refractivity contribution < 1.29 is 9.53 Å². The average Bonchev–Trinajstić information content (AvgIpc) is 2.48. The maximum Gasteiger partial charge on any atom is 0.312 e. The van der Waals surface area contributed by atoms with Crippen LogP contribution in [0.5, 0.6) is 0 Å². The summed E-state index contributed by atoms with van der Waals surface area (Å²) in [6, 6.07) is 0. The van der Waals surface area contributed by atoms with E-state index in [1.807, 2.05) is 6.92 Å². The van der Waals surface area contributed by atoms with Crippen molar-refractivity contribution in [3.8, 4) is 0 Å². The van der Waals surface area contributed by atoms with E-state index in [0.717, 1.165) is 44.9 Å². The Kier molecular flexibility index (Phi) is 2.75. The normalized spacial score (nSPS) is 39.9. The van der Waals surface area contributed by atoms with E-state index in [1.54, 1.807) is 0 Å². The molecule has 2 N–H and O–H groups in total. The van der Waals surface area contributed by atoms with E-state index in [-0.39, 0.29) is 16.9 Å². The number of ether oxygens (including phenoxy) is 1. The summed E-state index contributed by atoms with van der Waals surface area (Å²) in [5, 5.41) is 0. The number of esters is 1. The highest BCUT2D eigenvalue weighted by atomic mass is 16.5. The first-order valence-electron chi connectivity index (χ1n) is 6.06. The van der Waals surface area contributed by atoms with E-state index in [2.05, 4.69) is 0 Å². The van der Waals surface area contributed by atoms with Crippen LogP contribution in [-0.2, 0) is 9.53 Å². The largest absolute Gasteiger partial charge is 0.466 e. The minimum absolute atomic E-state index is 0.0203. The molecule has 3 heteroatoms. The summed E-state index contributed by atoms with van der Waals surface area (Å²) in [7, 11) is 0. The number of hydrogen-bond acceptors (Lipinski definition) is 3. The second-order valence-electron chi connectivity index (χ2n) is 5.22. The molecule has 0 amide bonds. The smallest absolute Gasteiger partial charge is 0.312 e. The van der Waals surface area contributed by atoms with Gasteiger partial charge >= 0.3 is 5.97 Å². The maximum atomic E-state index is 12.0. The Morgan fingerprint density at radius 3 is 2.47 bits per heavy atom. The maximum absolute atomic E-state index is 12.0. The summed E-state index contributed by atoms with van der Waals surface area (Å²) in [6.07, 6.45) is 6.98. The van der Waals surface area contributed by atoms with Crippen LogP contribution in [0.2, 0.25) is 0 Å². The number of fused-ring (bicyclic) bond motifs is 4. The van der Waals surface area contributed by atoms with Crippen LogP contribution in [0.3, 0.4) is 0 Å². The van der Waals surface area contributed by atoms with E-state index in [4.69, 9.17) is 10.5 Å². The van der Waals surface area contributed by atoms with Crippen molar-refractivity contribution in [2.24, 2.45) is 11.1 Å². The van der Waals surface area contributed by atoms with Gasteiger partial charge in [-0.2, -0.15) is 0 Å². The van der Waals surface area contributed by atoms with Gasteiger partial charge < -0.3 is 10.5 Å². The lowest BCUT2D eigenvalue weighted by molar-refractivity contribution is -0.158. The quantitative estimate of drug-likeness (QED) is 0.711. The molecule has 86 valence electrons. The van der Waals surface area contributed by atoms with Crippen LogP contribution in [0.25, 0.3) is 0 Å². The molecule has 3 nitrogen and oxygen atoms in total. The molecular formula is C12H21NO2. The molecule has 0 aromatic heterocycles. The van der Waals surface area contributed by atoms with Gasteiger partial charge in [-0.05, 0) is 45.4 Å². The summed E-state index contributed by atoms with van der Waals surface area (Å²) in [5.74, 6) is 0.0222. The first-order valence-corrected chi connectivity index (χ1v) is 6.06.